The molecule has 25 heavy (non-hydrogen) atoms. The Kier molecular flexibility index (Phi) is 6.47. The molecule has 138 valence electrons. The Morgan fingerprint density at radius 2 is 2.08 bits per heavy atom. The summed E-state index contributed by atoms with van der Waals surface area (Å²) in [6, 6.07) is 6.14. The van der Waals surface area contributed by atoms with Crippen molar-refractivity contribution in [2.75, 3.05) is 24.5 Å². The molecule has 3 atom stereocenters. The molecule has 0 aliphatic carbocycles. The maximum absolute atomic E-state index is 12.6. The zero-order valence-electron chi connectivity index (χ0n) is 15.2. The smallest absolute Gasteiger partial charge is 0.227 e. The predicted octanol–water partition coefficient (Wildman–Crippen LogP) is 2.19. The van der Waals surface area contributed by atoms with E-state index in [0.717, 1.165) is 36.3 Å². The van der Waals surface area contributed by atoms with Crippen LogP contribution in [0, 0.1) is 25.7 Å². The summed E-state index contributed by atoms with van der Waals surface area (Å²) < 4.78 is 0. The summed E-state index contributed by atoms with van der Waals surface area (Å²) >= 11 is 0. The molecule has 2 aliphatic heterocycles. The lowest BCUT2D eigenvalue weighted by molar-refractivity contribution is -0.127. The molecule has 1 aromatic rings. The number of aryl methyl sites for hydroxylation is 1. The van der Waals surface area contributed by atoms with Crippen LogP contribution in [0.5, 0.6) is 0 Å². The fraction of sp³-hybridized carbons (Fsp3) is 0.579. The van der Waals surface area contributed by atoms with E-state index in [1.807, 2.05) is 32.0 Å². The van der Waals surface area contributed by atoms with Crippen molar-refractivity contribution < 1.29 is 9.59 Å². The van der Waals surface area contributed by atoms with Gasteiger partial charge in [-0.3, -0.25) is 9.59 Å². The van der Waals surface area contributed by atoms with Gasteiger partial charge in [-0.25, -0.2) is 0 Å². The minimum absolute atomic E-state index is 0. The standard InChI is InChI=1S/C19H27N3O2.ClH/c1-12-5-4-6-17(14(12)3)22-11-15(9-18(22)23)19(24)21-16-10-20-8-7-13(16)2;/h4-6,13,15-16,20H,7-11H2,1-3H3,(H,21,24);1H. The van der Waals surface area contributed by atoms with Crippen molar-refractivity contribution in [1.29, 1.82) is 0 Å². The first-order valence-corrected chi connectivity index (χ1v) is 8.85. The van der Waals surface area contributed by atoms with Crippen LogP contribution >= 0.6 is 12.4 Å². The molecule has 6 heteroatoms. The van der Waals surface area contributed by atoms with Gasteiger partial charge in [-0.05, 0) is 49.9 Å². The van der Waals surface area contributed by atoms with Crippen molar-refractivity contribution in [3.05, 3.63) is 29.3 Å². The monoisotopic (exact) mass is 365 g/mol. The predicted molar refractivity (Wildman–Crippen MR) is 102 cm³/mol. The zero-order chi connectivity index (χ0) is 17.3. The second-order valence-electron chi connectivity index (χ2n) is 7.21. The van der Waals surface area contributed by atoms with Crippen molar-refractivity contribution in [2.45, 2.75) is 39.7 Å². The number of piperidine rings is 1. The fourth-order valence-electron chi connectivity index (χ4n) is 3.63. The molecule has 0 saturated carbocycles. The normalized spacial score (nSPS) is 26.3. The molecule has 2 amide bonds. The lowest BCUT2D eigenvalue weighted by Gasteiger charge is -2.31. The molecule has 1 aromatic carbocycles. The van der Waals surface area contributed by atoms with E-state index in [1.165, 1.54) is 0 Å². The second-order valence-corrected chi connectivity index (χ2v) is 7.21. The van der Waals surface area contributed by atoms with Crippen LogP contribution in [0.25, 0.3) is 0 Å². The number of benzene rings is 1. The Bertz CT molecular complexity index is 650. The Morgan fingerprint density at radius 1 is 1.32 bits per heavy atom. The third kappa shape index (κ3) is 4.15. The van der Waals surface area contributed by atoms with Crippen LogP contribution in [0.1, 0.15) is 30.9 Å². The number of nitrogens with zero attached hydrogens (tertiary/aromatic N) is 1. The number of rotatable bonds is 3. The van der Waals surface area contributed by atoms with Gasteiger partial charge in [0.15, 0.2) is 0 Å². The third-order valence-electron chi connectivity index (χ3n) is 5.52. The molecule has 2 saturated heterocycles. The van der Waals surface area contributed by atoms with Gasteiger partial charge in [-0.1, -0.05) is 19.1 Å². The van der Waals surface area contributed by atoms with Crippen LogP contribution in [-0.2, 0) is 9.59 Å². The number of halogens is 1. The average Bonchev–Trinajstić information content (AvgIpc) is 2.94. The van der Waals surface area contributed by atoms with Crippen molar-refractivity contribution in [1.82, 2.24) is 10.6 Å². The highest BCUT2D eigenvalue weighted by atomic mass is 35.5. The molecule has 2 fully saturated rings. The van der Waals surface area contributed by atoms with Gasteiger partial charge in [0.05, 0.1) is 5.92 Å². The second kappa shape index (κ2) is 8.19. The number of carbonyl (C=O) groups is 2. The highest BCUT2D eigenvalue weighted by Crippen LogP contribution is 2.29. The Hall–Kier alpha value is -1.59. The summed E-state index contributed by atoms with van der Waals surface area (Å²) in [5.74, 6) is 0.268. The third-order valence-corrected chi connectivity index (χ3v) is 5.52. The molecule has 0 spiro atoms. The number of amides is 2. The molecule has 2 N–H and O–H groups in total. The van der Waals surface area contributed by atoms with E-state index in [2.05, 4.69) is 17.6 Å². The zero-order valence-corrected chi connectivity index (χ0v) is 16.0. The molecule has 5 nitrogen and oxygen atoms in total. The Balaban J connectivity index is 0.00000225. The molecule has 0 aromatic heterocycles. The Morgan fingerprint density at radius 3 is 2.80 bits per heavy atom. The van der Waals surface area contributed by atoms with E-state index >= 15 is 0 Å². The summed E-state index contributed by atoms with van der Waals surface area (Å²) in [7, 11) is 0. The topological polar surface area (TPSA) is 61.4 Å². The maximum atomic E-state index is 12.6. The largest absolute Gasteiger partial charge is 0.352 e. The van der Waals surface area contributed by atoms with Gasteiger partial charge in [0.2, 0.25) is 11.8 Å². The first-order chi connectivity index (χ1) is 11.5. The Labute approximate surface area is 155 Å². The molecule has 0 radical (unpaired) electrons. The van der Waals surface area contributed by atoms with E-state index < -0.39 is 0 Å². The van der Waals surface area contributed by atoms with E-state index in [0.29, 0.717) is 18.9 Å². The number of anilines is 1. The highest BCUT2D eigenvalue weighted by Gasteiger charge is 2.37. The van der Waals surface area contributed by atoms with Crippen LogP contribution in [-0.4, -0.2) is 37.5 Å². The minimum atomic E-state index is -0.258. The van der Waals surface area contributed by atoms with Crippen molar-refractivity contribution in [3.63, 3.8) is 0 Å². The number of nitrogens with one attached hydrogen (secondary N) is 2. The van der Waals surface area contributed by atoms with Crippen LogP contribution in [0.2, 0.25) is 0 Å². The molecule has 3 rings (SSSR count). The molecular formula is C19H28ClN3O2. The summed E-state index contributed by atoms with van der Waals surface area (Å²) in [6.07, 6.45) is 1.37. The van der Waals surface area contributed by atoms with Crippen molar-refractivity contribution >= 4 is 29.9 Å². The fourth-order valence-corrected chi connectivity index (χ4v) is 3.63. The summed E-state index contributed by atoms with van der Waals surface area (Å²) in [5.41, 5.74) is 3.20. The van der Waals surface area contributed by atoms with Crippen molar-refractivity contribution in [3.8, 4) is 0 Å². The van der Waals surface area contributed by atoms with E-state index in [1.54, 1.807) is 4.90 Å². The molecule has 2 aliphatic rings. The molecule has 0 bridgehead atoms. The van der Waals surface area contributed by atoms with Gasteiger partial charge in [-0.15, -0.1) is 12.4 Å². The van der Waals surface area contributed by atoms with Gasteiger partial charge in [0, 0.05) is 31.2 Å². The summed E-state index contributed by atoms with van der Waals surface area (Å²) in [6.45, 7) is 8.55. The lowest BCUT2D eigenvalue weighted by atomic mass is 9.94. The average molecular weight is 366 g/mol. The SMILES string of the molecule is Cc1cccc(N2CC(C(=O)NC3CNCCC3C)CC2=O)c1C.Cl. The lowest BCUT2D eigenvalue weighted by Crippen LogP contribution is -2.51. The highest BCUT2D eigenvalue weighted by molar-refractivity contribution is 6.01. The first kappa shape index (κ1) is 19.7. The van der Waals surface area contributed by atoms with Crippen LogP contribution in [0.15, 0.2) is 18.2 Å². The molecule has 2 heterocycles. The quantitative estimate of drug-likeness (QED) is 0.863. The summed E-state index contributed by atoms with van der Waals surface area (Å²) in [5, 5.41) is 6.48. The van der Waals surface area contributed by atoms with E-state index in [9.17, 15) is 9.59 Å². The van der Waals surface area contributed by atoms with Gasteiger partial charge < -0.3 is 15.5 Å². The van der Waals surface area contributed by atoms with E-state index in [4.69, 9.17) is 0 Å². The maximum Gasteiger partial charge on any atom is 0.227 e. The molecule has 3 unspecified atom stereocenters. The number of carbonyl (C=O) groups excluding carboxylic acids is 2. The van der Waals surface area contributed by atoms with Gasteiger partial charge in [-0.2, -0.15) is 0 Å². The van der Waals surface area contributed by atoms with Gasteiger partial charge in [0.25, 0.3) is 0 Å². The van der Waals surface area contributed by atoms with E-state index in [-0.39, 0.29) is 36.2 Å². The van der Waals surface area contributed by atoms with Crippen LogP contribution in [0.3, 0.4) is 0 Å². The summed E-state index contributed by atoms with van der Waals surface area (Å²) in [4.78, 5) is 26.8. The van der Waals surface area contributed by atoms with Gasteiger partial charge >= 0.3 is 0 Å². The van der Waals surface area contributed by atoms with Gasteiger partial charge in [0.1, 0.15) is 0 Å². The number of hydrogen-bond acceptors (Lipinski definition) is 3. The van der Waals surface area contributed by atoms with Crippen LogP contribution < -0.4 is 15.5 Å². The van der Waals surface area contributed by atoms with Crippen molar-refractivity contribution in [2.24, 2.45) is 11.8 Å². The molecular weight excluding hydrogens is 338 g/mol. The van der Waals surface area contributed by atoms with Crippen LogP contribution in [0.4, 0.5) is 5.69 Å². The minimum Gasteiger partial charge on any atom is -0.352 e. The first-order valence-electron chi connectivity index (χ1n) is 8.85. The number of hydrogen-bond donors (Lipinski definition) is 2.